The van der Waals surface area contributed by atoms with Crippen LogP contribution in [0.3, 0.4) is 0 Å². The van der Waals surface area contributed by atoms with E-state index in [0.29, 0.717) is 12.3 Å². The molecule has 1 aliphatic rings. The van der Waals surface area contributed by atoms with Crippen molar-refractivity contribution in [2.45, 2.75) is 50.8 Å². The number of hydrogen-bond donors (Lipinski definition) is 0. The highest BCUT2D eigenvalue weighted by Gasteiger charge is 2.37. The first kappa shape index (κ1) is 17.3. The Balaban J connectivity index is 2.01. The molecule has 1 fully saturated rings. The standard InChI is InChI=1S/C16H18BrF3O2/c17-13-4-1-5-14(15(13)16(18,19)20)22-12-8-6-11(7-9-12)3-2-10-21/h1,4-5,10-12H,2-3,6-9H2. The molecule has 2 rings (SSSR count). The second kappa shape index (κ2) is 7.49. The summed E-state index contributed by atoms with van der Waals surface area (Å²) in [5, 5.41) is 0. The summed E-state index contributed by atoms with van der Waals surface area (Å²) in [6.45, 7) is 0. The lowest BCUT2D eigenvalue weighted by Gasteiger charge is -2.29. The third-order valence-electron chi connectivity index (χ3n) is 4.04. The maximum absolute atomic E-state index is 13.1. The van der Waals surface area contributed by atoms with Crippen molar-refractivity contribution in [3.05, 3.63) is 28.2 Å². The van der Waals surface area contributed by atoms with Crippen LogP contribution < -0.4 is 4.74 Å². The molecule has 0 heterocycles. The van der Waals surface area contributed by atoms with Gasteiger partial charge in [-0.05, 0) is 50.2 Å². The van der Waals surface area contributed by atoms with E-state index in [0.717, 1.165) is 38.4 Å². The van der Waals surface area contributed by atoms with Gasteiger partial charge < -0.3 is 9.53 Å². The smallest absolute Gasteiger partial charge is 0.421 e. The van der Waals surface area contributed by atoms with Gasteiger partial charge in [-0.25, -0.2) is 0 Å². The Morgan fingerprint density at radius 2 is 1.91 bits per heavy atom. The van der Waals surface area contributed by atoms with E-state index < -0.39 is 11.7 Å². The van der Waals surface area contributed by atoms with Crippen molar-refractivity contribution in [3.8, 4) is 5.75 Å². The fourth-order valence-electron chi connectivity index (χ4n) is 2.90. The number of carbonyl (C=O) groups is 1. The number of rotatable bonds is 5. The highest BCUT2D eigenvalue weighted by Crippen LogP contribution is 2.42. The van der Waals surface area contributed by atoms with Gasteiger partial charge in [-0.3, -0.25) is 0 Å². The minimum atomic E-state index is -4.45. The van der Waals surface area contributed by atoms with E-state index in [4.69, 9.17) is 4.74 Å². The molecule has 0 amide bonds. The fourth-order valence-corrected chi connectivity index (χ4v) is 3.47. The normalized spacial score (nSPS) is 22.4. The van der Waals surface area contributed by atoms with E-state index in [2.05, 4.69) is 15.9 Å². The summed E-state index contributed by atoms with van der Waals surface area (Å²) in [5.74, 6) is 0.368. The Morgan fingerprint density at radius 3 is 2.50 bits per heavy atom. The number of benzene rings is 1. The first-order valence-corrected chi connectivity index (χ1v) is 8.17. The highest BCUT2D eigenvalue weighted by molar-refractivity contribution is 9.10. The van der Waals surface area contributed by atoms with Crippen molar-refractivity contribution in [2.24, 2.45) is 5.92 Å². The van der Waals surface area contributed by atoms with Crippen LogP contribution in [0, 0.1) is 5.92 Å². The van der Waals surface area contributed by atoms with Crippen LogP contribution in [0.4, 0.5) is 13.2 Å². The first-order chi connectivity index (χ1) is 10.4. The van der Waals surface area contributed by atoms with Crippen molar-refractivity contribution in [1.29, 1.82) is 0 Å². The number of alkyl halides is 3. The lowest BCUT2D eigenvalue weighted by Crippen LogP contribution is -2.25. The van der Waals surface area contributed by atoms with Gasteiger partial charge in [0.15, 0.2) is 0 Å². The topological polar surface area (TPSA) is 26.3 Å². The van der Waals surface area contributed by atoms with Crippen molar-refractivity contribution >= 4 is 22.2 Å². The third kappa shape index (κ3) is 4.48. The maximum Gasteiger partial charge on any atom is 0.421 e. The van der Waals surface area contributed by atoms with Gasteiger partial charge >= 0.3 is 6.18 Å². The largest absolute Gasteiger partial charge is 0.490 e. The molecule has 22 heavy (non-hydrogen) atoms. The van der Waals surface area contributed by atoms with Gasteiger partial charge in [0.05, 0.1) is 6.10 Å². The van der Waals surface area contributed by atoms with Gasteiger partial charge in [0, 0.05) is 10.9 Å². The van der Waals surface area contributed by atoms with Crippen LogP contribution in [-0.4, -0.2) is 12.4 Å². The first-order valence-electron chi connectivity index (χ1n) is 7.37. The van der Waals surface area contributed by atoms with E-state index in [9.17, 15) is 18.0 Å². The van der Waals surface area contributed by atoms with Gasteiger partial charge in [0.2, 0.25) is 0 Å². The van der Waals surface area contributed by atoms with Crippen molar-refractivity contribution in [3.63, 3.8) is 0 Å². The Kier molecular flexibility index (Phi) is 5.89. The Hall–Kier alpha value is -1.04. The molecule has 1 aromatic carbocycles. The molecule has 2 nitrogen and oxygen atoms in total. The third-order valence-corrected chi connectivity index (χ3v) is 4.70. The number of halogens is 4. The zero-order valence-electron chi connectivity index (χ0n) is 12.0. The molecule has 1 aromatic rings. The van der Waals surface area contributed by atoms with E-state index in [1.165, 1.54) is 12.1 Å². The predicted octanol–water partition coefficient (Wildman–Crippen LogP) is 5.38. The Labute approximate surface area is 136 Å². The van der Waals surface area contributed by atoms with Gasteiger partial charge in [-0.2, -0.15) is 13.2 Å². The molecule has 0 aliphatic heterocycles. The number of hydrogen-bond acceptors (Lipinski definition) is 2. The molecule has 0 spiro atoms. The van der Waals surface area contributed by atoms with Gasteiger partial charge in [0.1, 0.15) is 17.6 Å². The summed E-state index contributed by atoms with van der Waals surface area (Å²) in [7, 11) is 0. The Bertz CT molecular complexity index is 509. The van der Waals surface area contributed by atoms with Crippen LogP contribution in [0.2, 0.25) is 0 Å². The number of aldehydes is 1. The second-order valence-corrected chi connectivity index (χ2v) is 6.47. The maximum atomic E-state index is 13.1. The summed E-state index contributed by atoms with van der Waals surface area (Å²) in [5.41, 5.74) is -0.752. The Morgan fingerprint density at radius 1 is 1.23 bits per heavy atom. The fraction of sp³-hybridized carbons (Fsp3) is 0.562. The van der Waals surface area contributed by atoms with Crippen LogP contribution in [-0.2, 0) is 11.0 Å². The molecule has 0 atom stereocenters. The molecule has 1 aliphatic carbocycles. The number of ether oxygens (including phenoxy) is 1. The van der Waals surface area contributed by atoms with E-state index in [-0.39, 0.29) is 16.3 Å². The van der Waals surface area contributed by atoms with E-state index in [1.54, 1.807) is 6.07 Å². The van der Waals surface area contributed by atoms with Gasteiger partial charge in [-0.1, -0.05) is 22.0 Å². The highest BCUT2D eigenvalue weighted by atomic mass is 79.9. The summed E-state index contributed by atoms with van der Waals surface area (Å²) < 4.78 is 45.0. The molecule has 0 radical (unpaired) electrons. The van der Waals surface area contributed by atoms with Crippen LogP contribution in [0.1, 0.15) is 44.1 Å². The van der Waals surface area contributed by atoms with Crippen LogP contribution in [0.25, 0.3) is 0 Å². The van der Waals surface area contributed by atoms with Crippen LogP contribution >= 0.6 is 15.9 Å². The molecule has 6 heteroatoms. The molecule has 0 saturated heterocycles. The molecular formula is C16H18BrF3O2. The summed E-state index contributed by atoms with van der Waals surface area (Å²) >= 11 is 2.95. The second-order valence-electron chi connectivity index (χ2n) is 5.62. The zero-order valence-corrected chi connectivity index (χ0v) is 13.6. The SMILES string of the molecule is O=CCCC1CCC(Oc2cccc(Br)c2C(F)(F)F)CC1. The minimum Gasteiger partial charge on any atom is -0.490 e. The summed E-state index contributed by atoms with van der Waals surface area (Å²) in [6, 6.07) is 4.28. The summed E-state index contributed by atoms with van der Waals surface area (Å²) in [6.07, 6.45) is 0.947. The van der Waals surface area contributed by atoms with Crippen molar-refractivity contribution in [1.82, 2.24) is 0 Å². The lowest BCUT2D eigenvalue weighted by molar-refractivity contribution is -0.140. The summed E-state index contributed by atoms with van der Waals surface area (Å²) in [4.78, 5) is 10.4. The van der Waals surface area contributed by atoms with E-state index in [1.807, 2.05) is 0 Å². The average molecular weight is 379 g/mol. The molecule has 0 aromatic heterocycles. The molecule has 122 valence electrons. The monoisotopic (exact) mass is 378 g/mol. The van der Waals surface area contributed by atoms with Crippen LogP contribution in [0.5, 0.6) is 5.75 Å². The average Bonchev–Trinajstić information content (AvgIpc) is 2.45. The zero-order chi connectivity index (χ0) is 16.2. The van der Waals surface area contributed by atoms with Crippen LogP contribution in [0.15, 0.2) is 22.7 Å². The lowest BCUT2D eigenvalue weighted by atomic mass is 9.84. The molecule has 1 saturated carbocycles. The molecule has 0 bridgehead atoms. The number of carbonyl (C=O) groups excluding carboxylic acids is 1. The van der Waals surface area contributed by atoms with Crippen molar-refractivity contribution in [2.75, 3.05) is 0 Å². The van der Waals surface area contributed by atoms with Crippen molar-refractivity contribution < 1.29 is 22.7 Å². The van der Waals surface area contributed by atoms with E-state index >= 15 is 0 Å². The predicted molar refractivity (Wildman–Crippen MR) is 80.8 cm³/mol. The quantitative estimate of drug-likeness (QED) is 0.642. The molecule has 0 N–H and O–H groups in total. The van der Waals surface area contributed by atoms with Gasteiger partial charge in [0.25, 0.3) is 0 Å². The molecule has 0 unspecified atom stereocenters. The van der Waals surface area contributed by atoms with Gasteiger partial charge in [-0.15, -0.1) is 0 Å². The molecular weight excluding hydrogens is 361 g/mol. The minimum absolute atomic E-state index is 0.00262.